The van der Waals surface area contributed by atoms with Crippen molar-refractivity contribution in [1.29, 1.82) is 0 Å². The molecular formula is C32H46N4O4. The lowest BCUT2D eigenvalue weighted by atomic mass is 9.73. The van der Waals surface area contributed by atoms with Crippen LogP contribution in [0.15, 0.2) is 48.5 Å². The fourth-order valence-corrected chi connectivity index (χ4v) is 5.60. The second-order valence-electron chi connectivity index (χ2n) is 11.5. The Morgan fingerprint density at radius 1 is 1.05 bits per heavy atom. The highest BCUT2D eigenvalue weighted by atomic mass is 16.5. The lowest BCUT2D eigenvalue weighted by Crippen LogP contribution is -2.53. The van der Waals surface area contributed by atoms with Crippen LogP contribution in [0.25, 0.3) is 0 Å². The van der Waals surface area contributed by atoms with Gasteiger partial charge in [-0.1, -0.05) is 36.8 Å². The average Bonchev–Trinajstić information content (AvgIpc) is 2.94. The van der Waals surface area contributed by atoms with Crippen LogP contribution in [0.4, 0.5) is 0 Å². The molecule has 0 saturated carbocycles. The molecule has 2 aliphatic heterocycles. The van der Waals surface area contributed by atoms with Gasteiger partial charge in [-0.3, -0.25) is 14.5 Å². The van der Waals surface area contributed by atoms with Crippen LogP contribution in [0.5, 0.6) is 11.5 Å². The average molecular weight is 551 g/mol. The summed E-state index contributed by atoms with van der Waals surface area (Å²) < 4.78 is 11.9. The van der Waals surface area contributed by atoms with Gasteiger partial charge in [0.15, 0.2) is 0 Å². The molecule has 2 aliphatic rings. The van der Waals surface area contributed by atoms with Crippen molar-refractivity contribution in [1.82, 2.24) is 20.4 Å². The Balaban J connectivity index is 1.40. The number of likely N-dealkylation sites (N-methyl/N-ethyl adjacent to an activating group) is 1. The molecule has 0 aliphatic carbocycles. The highest BCUT2D eigenvalue weighted by molar-refractivity contribution is 5.90. The summed E-state index contributed by atoms with van der Waals surface area (Å²) in [5, 5.41) is 5.95. The number of aryl methyl sites for hydroxylation is 1. The third kappa shape index (κ3) is 8.45. The van der Waals surface area contributed by atoms with Crippen LogP contribution in [0.2, 0.25) is 0 Å². The number of likely N-dealkylation sites (tertiary alicyclic amines) is 1. The van der Waals surface area contributed by atoms with Crippen molar-refractivity contribution in [2.75, 3.05) is 53.5 Å². The zero-order valence-electron chi connectivity index (χ0n) is 24.4. The molecule has 2 N–H and O–H groups in total. The van der Waals surface area contributed by atoms with Gasteiger partial charge in [-0.2, -0.15) is 0 Å². The fourth-order valence-electron chi connectivity index (χ4n) is 5.60. The van der Waals surface area contributed by atoms with Crippen molar-refractivity contribution in [3.05, 3.63) is 59.7 Å². The van der Waals surface area contributed by atoms with Gasteiger partial charge in [-0.05, 0) is 95.5 Å². The molecule has 2 aromatic rings. The summed E-state index contributed by atoms with van der Waals surface area (Å²) in [5.74, 6) is 1.61. The van der Waals surface area contributed by atoms with Crippen LogP contribution >= 0.6 is 0 Å². The van der Waals surface area contributed by atoms with Gasteiger partial charge >= 0.3 is 0 Å². The van der Waals surface area contributed by atoms with Crippen LogP contribution in [0.1, 0.15) is 50.2 Å². The van der Waals surface area contributed by atoms with Gasteiger partial charge in [-0.15, -0.1) is 0 Å². The minimum Gasteiger partial charge on any atom is -0.492 e. The number of hydrogen-bond acceptors (Lipinski definition) is 6. The maximum absolute atomic E-state index is 13.7. The van der Waals surface area contributed by atoms with Gasteiger partial charge in [0.1, 0.15) is 30.8 Å². The molecule has 1 saturated heterocycles. The smallest absolute Gasteiger partial charge is 0.242 e. The van der Waals surface area contributed by atoms with E-state index < -0.39 is 11.5 Å². The molecule has 1 fully saturated rings. The molecule has 8 nitrogen and oxygen atoms in total. The monoisotopic (exact) mass is 550 g/mol. The number of nitrogens with one attached hydrogen (secondary N) is 2. The summed E-state index contributed by atoms with van der Waals surface area (Å²) in [5.41, 5.74) is 1.94. The van der Waals surface area contributed by atoms with Crippen molar-refractivity contribution in [3.63, 3.8) is 0 Å². The standard InChI is InChI=1S/C32H46N4O4/c1-25-30(37)33-17-21-40-29-13-5-4-10-27(29)11-6-7-14-32(31(38)34-25)15-18-36(19-16-32)24-26-9-8-12-28(23-26)39-22-20-35(2)3/h4-5,8-10,12-13,23,25H,6-7,11,14-22,24H2,1-3H3,(H,33,37)(H,34,38)/t25-/m0/s1. The molecule has 4 rings (SSSR count). The van der Waals surface area contributed by atoms with Crippen LogP contribution in [0, 0.1) is 5.41 Å². The highest BCUT2D eigenvalue weighted by Gasteiger charge is 2.41. The van der Waals surface area contributed by atoms with Crippen molar-refractivity contribution >= 4 is 11.8 Å². The van der Waals surface area contributed by atoms with Gasteiger partial charge < -0.3 is 25.0 Å². The van der Waals surface area contributed by atoms with Crippen LogP contribution < -0.4 is 20.1 Å². The maximum Gasteiger partial charge on any atom is 0.242 e. The number of nitrogens with zero attached hydrogens (tertiary/aromatic N) is 2. The Morgan fingerprint density at radius 2 is 1.85 bits per heavy atom. The van der Waals surface area contributed by atoms with E-state index in [4.69, 9.17) is 9.47 Å². The number of rotatable bonds is 6. The predicted octanol–water partition coefficient (Wildman–Crippen LogP) is 3.64. The number of carbonyl (C=O) groups is 2. The molecule has 0 aromatic heterocycles. The SMILES string of the molecule is C[C@@H]1NC(=O)C2(CCCCc3ccccc3OCCNC1=O)CCN(Cc1cccc(OCCN(C)C)c1)CC2. The number of para-hydroxylation sites is 1. The summed E-state index contributed by atoms with van der Waals surface area (Å²) >= 11 is 0. The predicted molar refractivity (Wildman–Crippen MR) is 158 cm³/mol. The lowest BCUT2D eigenvalue weighted by Gasteiger charge is -2.41. The molecule has 0 radical (unpaired) electrons. The summed E-state index contributed by atoms with van der Waals surface area (Å²) in [4.78, 5) is 30.9. The lowest BCUT2D eigenvalue weighted by molar-refractivity contribution is -0.138. The molecule has 0 unspecified atom stereocenters. The van der Waals surface area contributed by atoms with Gasteiger partial charge in [0.05, 0.1) is 12.0 Å². The second kappa shape index (κ2) is 14.5. The molecule has 2 heterocycles. The third-order valence-corrected chi connectivity index (χ3v) is 8.13. The van der Waals surface area contributed by atoms with Crippen LogP contribution in [-0.4, -0.2) is 81.1 Å². The number of ether oxygens (including phenoxy) is 2. The Hall–Kier alpha value is -3.10. The topological polar surface area (TPSA) is 83.1 Å². The molecule has 218 valence electrons. The van der Waals surface area contributed by atoms with E-state index in [-0.39, 0.29) is 11.8 Å². The van der Waals surface area contributed by atoms with E-state index in [1.54, 1.807) is 6.92 Å². The van der Waals surface area contributed by atoms with Crippen LogP contribution in [0.3, 0.4) is 0 Å². The Morgan fingerprint density at radius 3 is 2.65 bits per heavy atom. The molecule has 2 aromatic carbocycles. The van der Waals surface area contributed by atoms with E-state index in [0.717, 1.165) is 76.2 Å². The Bertz CT molecular complexity index is 1110. The van der Waals surface area contributed by atoms with Gasteiger partial charge in [0.25, 0.3) is 0 Å². The maximum atomic E-state index is 13.7. The van der Waals surface area contributed by atoms with E-state index in [1.807, 2.05) is 38.4 Å². The number of fused-ring (bicyclic) bond motifs is 1. The zero-order valence-corrected chi connectivity index (χ0v) is 24.4. The Kier molecular flexibility index (Phi) is 10.8. The fraction of sp³-hybridized carbons (Fsp3) is 0.562. The molecule has 0 bridgehead atoms. The minimum atomic E-state index is -0.588. The van der Waals surface area contributed by atoms with Crippen molar-refractivity contribution in [2.45, 2.75) is 58.0 Å². The van der Waals surface area contributed by atoms with Crippen molar-refractivity contribution < 1.29 is 19.1 Å². The Labute approximate surface area is 239 Å². The molecule has 1 spiro atoms. The van der Waals surface area contributed by atoms with Gasteiger partial charge in [-0.25, -0.2) is 0 Å². The van der Waals surface area contributed by atoms with Crippen molar-refractivity contribution in [3.8, 4) is 11.5 Å². The van der Waals surface area contributed by atoms with Gasteiger partial charge in [0, 0.05) is 13.1 Å². The highest BCUT2D eigenvalue weighted by Crippen LogP contribution is 2.38. The number of benzene rings is 2. The third-order valence-electron chi connectivity index (χ3n) is 8.13. The van der Waals surface area contributed by atoms with E-state index in [2.05, 4.69) is 44.7 Å². The van der Waals surface area contributed by atoms with E-state index >= 15 is 0 Å². The largest absolute Gasteiger partial charge is 0.492 e. The molecule has 40 heavy (non-hydrogen) atoms. The van der Waals surface area contributed by atoms with Gasteiger partial charge in [0.2, 0.25) is 11.8 Å². The zero-order chi connectivity index (χ0) is 28.4. The number of carbonyl (C=O) groups excluding carboxylic acids is 2. The summed E-state index contributed by atoms with van der Waals surface area (Å²) in [6, 6.07) is 15.9. The normalized spacial score (nSPS) is 20.9. The molecule has 8 heteroatoms. The molecule has 1 atom stereocenters. The molecular weight excluding hydrogens is 504 g/mol. The first-order valence-electron chi connectivity index (χ1n) is 14.7. The first-order valence-corrected chi connectivity index (χ1v) is 14.7. The quantitative estimate of drug-likeness (QED) is 0.572. The summed E-state index contributed by atoms with van der Waals surface area (Å²) in [6.45, 7) is 6.61. The van der Waals surface area contributed by atoms with E-state index in [1.165, 1.54) is 11.1 Å². The minimum absolute atomic E-state index is 0.0117. The number of hydrogen-bond donors (Lipinski definition) is 2. The molecule has 2 amide bonds. The second-order valence-corrected chi connectivity index (χ2v) is 11.5. The summed E-state index contributed by atoms with van der Waals surface area (Å²) in [7, 11) is 4.08. The van der Waals surface area contributed by atoms with Crippen LogP contribution in [-0.2, 0) is 22.6 Å². The number of amides is 2. The first kappa shape index (κ1) is 29.9. The number of piperidine rings is 1. The van der Waals surface area contributed by atoms with E-state index in [0.29, 0.717) is 19.8 Å². The van der Waals surface area contributed by atoms with E-state index in [9.17, 15) is 9.59 Å². The first-order chi connectivity index (χ1) is 19.3. The van der Waals surface area contributed by atoms with Crippen molar-refractivity contribution in [2.24, 2.45) is 5.41 Å². The summed E-state index contributed by atoms with van der Waals surface area (Å²) in [6.07, 6.45) is 5.24.